The molecule has 1 heterocycles. The second kappa shape index (κ2) is 4.18. The molecule has 1 N–H and O–H groups in total. The molecule has 86 valence electrons. The third-order valence-electron chi connectivity index (χ3n) is 2.86. The molecule has 15 heavy (non-hydrogen) atoms. The summed E-state index contributed by atoms with van der Waals surface area (Å²) in [4.78, 5) is 26.6. The molecule has 1 saturated heterocycles. The molecular formula is C10H18N2O3. The van der Waals surface area contributed by atoms with Crippen LogP contribution in [0.5, 0.6) is 0 Å². The van der Waals surface area contributed by atoms with Gasteiger partial charge in [0, 0.05) is 26.2 Å². The van der Waals surface area contributed by atoms with Crippen LogP contribution in [-0.2, 0) is 9.59 Å². The van der Waals surface area contributed by atoms with Crippen molar-refractivity contribution < 1.29 is 14.7 Å². The van der Waals surface area contributed by atoms with Crippen molar-refractivity contribution in [3.8, 4) is 0 Å². The van der Waals surface area contributed by atoms with E-state index in [1.54, 1.807) is 4.90 Å². The summed E-state index contributed by atoms with van der Waals surface area (Å²) in [5.41, 5.74) is -1.31. The van der Waals surface area contributed by atoms with E-state index in [1.165, 1.54) is 13.8 Å². The van der Waals surface area contributed by atoms with Crippen LogP contribution in [0.15, 0.2) is 0 Å². The third-order valence-corrected chi connectivity index (χ3v) is 2.86. The number of aliphatic carboxylic acids is 1. The zero-order valence-electron chi connectivity index (χ0n) is 9.49. The van der Waals surface area contributed by atoms with Crippen LogP contribution in [0.1, 0.15) is 13.8 Å². The molecule has 0 aromatic carbocycles. The standard InChI is InChI=1S/C10H18N2O3/c1-10(2,9(14)15)8(13)12-6-4-11(3)5-7-12/h4-7H2,1-3H3,(H,14,15). The predicted molar refractivity (Wildman–Crippen MR) is 55.5 cm³/mol. The van der Waals surface area contributed by atoms with E-state index in [-0.39, 0.29) is 5.91 Å². The second-order valence-electron chi connectivity index (χ2n) is 4.53. The Kier molecular flexibility index (Phi) is 3.34. The summed E-state index contributed by atoms with van der Waals surface area (Å²) in [6, 6.07) is 0. The lowest BCUT2D eigenvalue weighted by molar-refractivity contribution is -0.159. The molecule has 0 radical (unpaired) electrons. The van der Waals surface area contributed by atoms with E-state index in [1.807, 2.05) is 7.05 Å². The molecule has 1 rings (SSSR count). The van der Waals surface area contributed by atoms with Crippen LogP contribution in [-0.4, -0.2) is 60.0 Å². The molecule has 0 atom stereocenters. The average molecular weight is 214 g/mol. The van der Waals surface area contributed by atoms with E-state index in [2.05, 4.69) is 4.90 Å². The molecule has 0 bridgehead atoms. The van der Waals surface area contributed by atoms with Crippen LogP contribution in [0, 0.1) is 5.41 Å². The predicted octanol–water partition coefficient (Wildman–Crippen LogP) is -0.129. The first kappa shape index (κ1) is 12.0. The van der Waals surface area contributed by atoms with Crippen LogP contribution in [0.2, 0.25) is 0 Å². The number of carbonyl (C=O) groups excluding carboxylic acids is 1. The Bertz CT molecular complexity index is 268. The van der Waals surface area contributed by atoms with Gasteiger partial charge in [0.2, 0.25) is 5.91 Å². The maximum atomic E-state index is 11.9. The number of carbonyl (C=O) groups is 2. The van der Waals surface area contributed by atoms with Gasteiger partial charge in [-0.1, -0.05) is 0 Å². The number of hydrogen-bond donors (Lipinski definition) is 1. The van der Waals surface area contributed by atoms with Crippen molar-refractivity contribution in [2.75, 3.05) is 33.2 Å². The van der Waals surface area contributed by atoms with E-state index in [4.69, 9.17) is 5.11 Å². The highest BCUT2D eigenvalue weighted by atomic mass is 16.4. The summed E-state index contributed by atoms with van der Waals surface area (Å²) >= 11 is 0. The number of rotatable bonds is 2. The lowest BCUT2D eigenvalue weighted by atomic mass is 9.91. The van der Waals surface area contributed by atoms with Gasteiger partial charge in [-0.3, -0.25) is 9.59 Å². The van der Waals surface area contributed by atoms with Crippen molar-refractivity contribution in [2.45, 2.75) is 13.8 Å². The van der Waals surface area contributed by atoms with Gasteiger partial charge in [0.05, 0.1) is 0 Å². The zero-order valence-corrected chi connectivity index (χ0v) is 9.49. The fraction of sp³-hybridized carbons (Fsp3) is 0.800. The van der Waals surface area contributed by atoms with Gasteiger partial charge in [0.25, 0.3) is 0 Å². The first-order valence-electron chi connectivity index (χ1n) is 5.07. The Labute approximate surface area is 89.7 Å². The Balaban J connectivity index is 2.65. The summed E-state index contributed by atoms with van der Waals surface area (Å²) in [7, 11) is 1.99. The molecule has 5 heteroatoms. The maximum absolute atomic E-state index is 11.9. The molecule has 1 aliphatic rings. The molecule has 1 aliphatic heterocycles. The van der Waals surface area contributed by atoms with Crippen molar-refractivity contribution in [2.24, 2.45) is 5.41 Å². The molecule has 0 aromatic heterocycles. The topological polar surface area (TPSA) is 60.9 Å². The Morgan fingerprint density at radius 1 is 1.13 bits per heavy atom. The van der Waals surface area contributed by atoms with Crippen LogP contribution in [0.25, 0.3) is 0 Å². The molecular weight excluding hydrogens is 196 g/mol. The van der Waals surface area contributed by atoms with E-state index in [0.717, 1.165) is 13.1 Å². The van der Waals surface area contributed by atoms with Crippen molar-refractivity contribution >= 4 is 11.9 Å². The summed E-state index contributed by atoms with van der Waals surface area (Å²) < 4.78 is 0. The molecule has 0 aliphatic carbocycles. The molecule has 0 spiro atoms. The average Bonchev–Trinajstić information content (AvgIpc) is 2.17. The number of carboxylic acids is 1. The normalized spacial score (nSPS) is 19.0. The highest BCUT2D eigenvalue weighted by molar-refractivity contribution is 6.01. The first-order chi connectivity index (χ1) is 6.85. The van der Waals surface area contributed by atoms with Crippen molar-refractivity contribution in [3.05, 3.63) is 0 Å². The molecule has 1 amide bonds. The Hall–Kier alpha value is -1.10. The van der Waals surface area contributed by atoms with Gasteiger partial charge >= 0.3 is 5.97 Å². The van der Waals surface area contributed by atoms with Crippen LogP contribution >= 0.6 is 0 Å². The molecule has 5 nitrogen and oxygen atoms in total. The SMILES string of the molecule is CN1CCN(C(=O)C(C)(C)C(=O)O)CC1. The summed E-state index contributed by atoms with van der Waals surface area (Å²) in [5, 5.41) is 8.94. The molecule has 0 aromatic rings. The van der Waals surface area contributed by atoms with Gasteiger partial charge in [-0.25, -0.2) is 0 Å². The fourth-order valence-electron chi connectivity index (χ4n) is 1.50. The van der Waals surface area contributed by atoms with Crippen LogP contribution in [0.3, 0.4) is 0 Å². The highest BCUT2D eigenvalue weighted by Gasteiger charge is 2.39. The van der Waals surface area contributed by atoms with Gasteiger partial charge in [-0.2, -0.15) is 0 Å². The van der Waals surface area contributed by atoms with Crippen LogP contribution < -0.4 is 0 Å². The van der Waals surface area contributed by atoms with Gasteiger partial charge in [-0.15, -0.1) is 0 Å². The van der Waals surface area contributed by atoms with Gasteiger partial charge < -0.3 is 14.9 Å². The first-order valence-corrected chi connectivity index (χ1v) is 5.07. The smallest absolute Gasteiger partial charge is 0.318 e. The monoisotopic (exact) mass is 214 g/mol. The van der Waals surface area contributed by atoms with Gasteiger partial charge in [0.1, 0.15) is 5.41 Å². The number of likely N-dealkylation sites (N-methyl/N-ethyl adjacent to an activating group) is 1. The van der Waals surface area contributed by atoms with E-state index in [9.17, 15) is 9.59 Å². The summed E-state index contributed by atoms with van der Waals surface area (Å²) in [6.45, 7) is 5.76. The fourth-order valence-corrected chi connectivity index (χ4v) is 1.50. The number of piperazine rings is 1. The number of hydrogen-bond acceptors (Lipinski definition) is 3. The number of carboxylic acid groups (broad SMARTS) is 1. The van der Waals surface area contributed by atoms with Crippen LogP contribution in [0.4, 0.5) is 0 Å². The van der Waals surface area contributed by atoms with Gasteiger partial charge in [-0.05, 0) is 20.9 Å². The van der Waals surface area contributed by atoms with Crippen molar-refractivity contribution in [3.63, 3.8) is 0 Å². The maximum Gasteiger partial charge on any atom is 0.318 e. The minimum Gasteiger partial charge on any atom is -0.480 e. The van der Waals surface area contributed by atoms with Crippen molar-refractivity contribution in [1.29, 1.82) is 0 Å². The summed E-state index contributed by atoms with van der Waals surface area (Å²) in [5.74, 6) is -1.35. The zero-order chi connectivity index (χ0) is 11.6. The molecule has 0 saturated carbocycles. The molecule has 1 fully saturated rings. The van der Waals surface area contributed by atoms with E-state index in [0.29, 0.717) is 13.1 Å². The molecule has 0 unspecified atom stereocenters. The lowest BCUT2D eigenvalue weighted by Gasteiger charge is -2.35. The van der Waals surface area contributed by atoms with E-state index < -0.39 is 11.4 Å². The van der Waals surface area contributed by atoms with Gasteiger partial charge in [0.15, 0.2) is 0 Å². The third kappa shape index (κ3) is 2.47. The minimum atomic E-state index is -1.31. The quantitative estimate of drug-likeness (QED) is 0.651. The lowest BCUT2D eigenvalue weighted by Crippen LogP contribution is -2.52. The Morgan fingerprint density at radius 2 is 1.60 bits per heavy atom. The Morgan fingerprint density at radius 3 is 2.00 bits per heavy atom. The highest BCUT2D eigenvalue weighted by Crippen LogP contribution is 2.19. The largest absolute Gasteiger partial charge is 0.480 e. The van der Waals surface area contributed by atoms with E-state index >= 15 is 0 Å². The minimum absolute atomic E-state index is 0.289. The van der Waals surface area contributed by atoms with Crippen molar-refractivity contribution in [1.82, 2.24) is 9.80 Å². The summed E-state index contributed by atoms with van der Waals surface area (Å²) in [6.07, 6.45) is 0. The number of amides is 1. The number of nitrogens with zero attached hydrogens (tertiary/aromatic N) is 2. The second-order valence-corrected chi connectivity index (χ2v) is 4.53.